The summed E-state index contributed by atoms with van der Waals surface area (Å²) in [5.41, 5.74) is 2.10. The minimum Gasteiger partial charge on any atom is -0.327 e. The number of nitrogens with one attached hydrogen (secondary N) is 2. The number of hydrogen-bond donors (Lipinski definition) is 2. The summed E-state index contributed by atoms with van der Waals surface area (Å²) in [6.07, 6.45) is 3.48. The first-order chi connectivity index (χ1) is 12.1. The number of amides is 1. The molecule has 0 atom stereocenters. The Balaban J connectivity index is 1.43. The van der Waals surface area contributed by atoms with Crippen molar-refractivity contribution >= 4 is 34.8 Å². The number of likely N-dealkylation sites (tertiary alicyclic amines) is 1. The zero-order valence-corrected chi connectivity index (χ0v) is 15.6. The number of hydrogen-bond acceptors (Lipinski definition) is 1. The summed E-state index contributed by atoms with van der Waals surface area (Å²) in [5.74, 6) is 0.749. The molecule has 2 N–H and O–H groups in total. The Morgan fingerprint density at radius 2 is 1.76 bits per heavy atom. The second-order valence-electron chi connectivity index (χ2n) is 6.74. The quantitative estimate of drug-likeness (QED) is 0.821. The first kappa shape index (κ1) is 18.2. The van der Waals surface area contributed by atoms with Gasteiger partial charge in [-0.2, -0.15) is 0 Å². The van der Waals surface area contributed by atoms with Gasteiger partial charge in [-0.05, 0) is 48.9 Å². The fraction of sp³-hybridized carbons (Fsp3) is 0.350. The van der Waals surface area contributed by atoms with Gasteiger partial charge >= 0.3 is 0 Å². The average molecular weight is 378 g/mol. The predicted octanol–water partition coefficient (Wildman–Crippen LogP) is 3.47. The molecule has 3 rings (SSSR count). The number of carbonyl (C=O) groups excluding carboxylic acids is 1. The van der Waals surface area contributed by atoms with Crippen LogP contribution < -0.4 is 10.2 Å². The van der Waals surface area contributed by atoms with Crippen LogP contribution in [-0.2, 0) is 11.2 Å². The minimum absolute atomic E-state index is 0.0231. The number of quaternary nitrogens is 1. The fourth-order valence-corrected chi connectivity index (χ4v) is 3.72. The topological polar surface area (TPSA) is 33.5 Å². The van der Waals surface area contributed by atoms with Gasteiger partial charge in [0.1, 0.15) is 0 Å². The largest absolute Gasteiger partial charge is 0.327 e. The molecule has 25 heavy (non-hydrogen) atoms. The summed E-state index contributed by atoms with van der Waals surface area (Å²) in [4.78, 5) is 13.6. The lowest BCUT2D eigenvalue weighted by Crippen LogP contribution is -3.14. The van der Waals surface area contributed by atoms with Gasteiger partial charge in [0.05, 0.1) is 23.1 Å². The van der Waals surface area contributed by atoms with Crippen molar-refractivity contribution in [2.45, 2.75) is 19.3 Å². The summed E-state index contributed by atoms with van der Waals surface area (Å²) >= 11 is 11.9. The average Bonchev–Trinajstić information content (AvgIpc) is 2.61. The Morgan fingerprint density at radius 3 is 2.44 bits per heavy atom. The summed E-state index contributed by atoms with van der Waals surface area (Å²) in [6, 6.07) is 15.8. The van der Waals surface area contributed by atoms with Crippen molar-refractivity contribution in [3.63, 3.8) is 0 Å². The van der Waals surface area contributed by atoms with Crippen LogP contribution in [0.15, 0.2) is 48.5 Å². The molecule has 3 nitrogen and oxygen atoms in total. The van der Waals surface area contributed by atoms with Gasteiger partial charge < -0.3 is 10.2 Å². The monoisotopic (exact) mass is 377 g/mol. The molecule has 1 aliphatic heterocycles. The lowest BCUT2D eigenvalue weighted by atomic mass is 9.90. The van der Waals surface area contributed by atoms with Gasteiger partial charge in [-0.1, -0.05) is 53.5 Å². The molecule has 0 unspecified atom stereocenters. The lowest BCUT2D eigenvalue weighted by Gasteiger charge is -2.29. The Hall–Kier alpha value is -1.55. The highest BCUT2D eigenvalue weighted by Crippen LogP contribution is 2.24. The van der Waals surface area contributed by atoms with E-state index in [9.17, 15) is 4.79 Å². The number of piperidine rings is 1. The second-order valence-corrected chi connectivity index (χ2v) is 7.55. The number of carbonyl (C=O) groups is 1. The third-order valence-corrected chi connectivity index (χ3v) is 5.53. The van der Waals surface area contributed by atoms with Crippen molar-refractivity contribution in [3.8, 4) is 0 Å². The summed E-state index contributed by atoms with van der Waals surface area (Å²) in [7, 11) is 0. The van der Waals surface area contributed by atoms with Crippen LogP contribution in [0, 0.1) is 5.92 Å². The molecule has 1 saturated heterocycles. The van der Waals surface area contributed by atoms with E-state index in [1.165, 1.54) is 23.3 Å². The van der Waals surface area contributed by atoms with Gasteiger partial charge in [0.25, 0.3) is 5.91 Å². The molecule has 132 valence electrons. The van der Waals surface area contributed by atoms with E-state index in [0.717, 1.165) is 25.4 Å². The van der Waals surface area contributed by atoms with Crippen LogP contribution in [-0.4, -0.2) is 25.5 Å². The highest BCUT2D eigenvalue weighted by atomic mass is 35.5. The first-order valence-corrected chi connectivity index (χ1v) is 9.48. The molecule has 1 aliphatic rings. The molecule has 0 bridgehead atoms. The maximum absolute atomic E-state index is 12.2. The Labute approximate surface area is 158 Å². The molecular weight excluding hydrogens is 355 g/mol. The van der Waals surface area contributed by atoms with E-state index in [-0.39, 0.29) is 5.91 Å². The maximum Gasteiger partial charge on any atom is 0.279 e. The molecule has 0 saturated carbocycles. The number of anilines is 1. The van der Waals surface area contributed by atoms with E-state index in [2.05, 4.69) is 35.6 Å². The third-order valence-electron chi connectivity index (χ3n) is 4.79. The lowest BCUT2D eigenvalue weighted by molar-refractivity contribution is -0.898. The van der Waals surface area contributed by atoms with Crippen molar-refractivity contribution in [1.82, 2.24) is 0 Å². The molecule has 0 aromatic heterocycles. The molecule has 0 aliphatic carbocycles. The van der Waals surface area contributed by atoms with E-state index >= 15 is 0 Å². The Bertz CT molecular complexity index is 713. The standard InChI is InChI=1S/C20H22Cl2N2O/c21-18-7-6-17(13-19(18)22)23-20(25)14-24-10-8-16(9-11-24)12-15-4-2-1-3-5-15/h1-7,13,16H,8-12,14H2,(H,23,25)/p+1. The molecular formula is C20H23Cl2N2O+. The highest BCUT2D eigenvalue weighted by molar-refractivity contribution is 6.42. The van der Waals surface area contributed by atoms with Gasteiger partial charge in [-0.3, -0.25) is 4.79 Å². The van der Waals surface area contributed by atoms with Crippen LogP contribution in [0.2, 0.25) is 10.0 Å². The molecule has 2 aromatic carbocycles. The predicted molar refractivity (Wildman–Crippen MR) is 104 cm³/mol. The van der Waals surface area contributed by atoms with Gasteiger partial charge in [0, 0.05) is 5.69 Å². The SMILES string of the molecule is O=C(C[NH+]1CCC(Cc2ccccc2)CC1)Nc1ccc(Cl)c(Cl)c1. The fourth-order valence-electron chi connectivity index (χ4n) is 3.42. The van der Waals surface area contributed by atoms with Gasteiger partial charge in [-0.15, -0.1) is 0 Å². The highest BCUT2D eigenvalue weighted by Gasteiger charge is 2.24. The Morgan fingerprint density at radius 1 is 1.04 bits per heavy atom. The van der Waals surface area contributed by atoms with Gasteiger partial charge in [0.15, 0.2) is 6.54 Å². The molecule has 1 heterocycles. The second kappa shape index (κ2) is 8.70. The van der Waals surface area contributed by atoms with Crippen LogP contribution in [0.3, 0.4) is 0 Å². The number of rotatable bonds is 5. The molecule has 0 radical (unpaired) electrons. The van der Waals surface area contributed by atoms with Crippen LogP contribution in [0.1, 0.15) is 18.4 Å². The van der Waals surface area contributed by atoms with Crippen molar-refractivity contribution in [1.29, 1.82) is 0 Å². The van der Waals surface area contributed by atoms with E-state index in [4.69, 9.17) is 23.2 Å². The van der Waals surface area contributed by atoms with Crippen molar-refractivity contribution in [2.75, 3.05) is 25.0 Å². The van der Waals surface area contributed by atoms with Crippen LogP contribution in [0.25, 0.3) is 0 Å². The van der Waals surface area contributed by atoms with Gasteiger partial charge in [-0.25, -0.2) is 0 Å². The van der Waals surface area contributed by atoms with Crippen LogP contribution in [0.5, 0.6) is 0 Å². The first-order valence-electron chi connectivity index (χ1n) is 8.72. The minimum atomic E-state index is 0.0231. The molecule has 2 aromatic rings. The molecule has 1 amide bonds. The maximum atomic E-state index is 12.2. The van der Waals surface area contributed by atoms with Crippen molar-refractivity contribution in [3.05, 3.63) is 64.1 Å². The third kappa shape index (κ3) is 5.46. The molecule has 0 spiro atoms. The summed E-state index contributed by atoms with van der Waals surface area (Å²) in [5, 5.41) is 3.85. The van der Waals surface area contributed by atoms with E-state index in [1.54, 1.807) is 18.2 Å². The van der Waals surface area contributed by atoms with E-state index in [1.807, 2.05) is 0 Å². The number of halogens is 2. The smallest absolute Gasteiger partial charge is 0.279 e. The van der Waals surface area contributed by atoms with E-state index < -0.39 is 0 Å². The normalized spacial score (nSPS) is 20.2. The van der Waals surface area contributed by atoms with Crippen molar-refractivity contribution in [2.24, 2.45) is 5.92 Å². The summed E-state index contributed by atoms with van der Waals surface area (Å²) < 4.78 is 0. The summed E-state index contributed by atoms with van der Waals surface area (Å²) in [6.45, 7) is 2.59. The molecule has 1 fully saturated rings. The van der Waals surface area contributed by atoms with Gasteiger partial charge in [0.2, 0.25) is 0 Å². The van der Waals surface area contributed by atoms with Crippen LogP contribution in [0.4, 0.5) is 5.69 Å². The molecule has 5 heteroatoms. The zero-order valence-electron chi connectivity index (χ0n) is 14.1. The van der Waals surface area contributed by atoms with Crippen LogP contribution >= 0.6 is 23.2 Å². The van der Waals surface area contributed by atoms with E-state index in [0.29, 0.717) is 22.3 Å². The number of benzene rings is 2. The Kier molecular flexibility index (Phi) is 6.35. The zero-order chi connectivity index (χ0) is 17.6. The van der Waals surface area contributed by atoms with Crippen molar-refractivity contribution < 1.29 is 9.69 Å².